The molecular weight excluding hydrogens is 224 g/mol. The first-order chi connectivity index (χ1) is 8.04. The minimum Gasteiger partial charge on any atom is -0.481 e. The lowest BCUT2D eigenvalue weighted by molar-refractivity contribution is -0.138. The first-order valence-electron chi connectivity index (χ1n) is 5.91. The number of ether oxygens (including phenoxy) is 1. The van der Waals surface area contributed by atoms with Crippen LogP contribution < -0.4 is 5.32 Å². The number of aliphatic carboxylic acids is 1. The zero-order valence-corrected chi connectivity index (χ0v) is 10.3. The molecule has 1 rings (SSSR count). The minimum absolute atomic E-state index is 0.0393. The lowest BCUT2D eigenvalue weighted by Gasteiger charge is -2.28. The maximum atomic E-state index is 11.9. The number of hydrogen-bond donors (Lipinski definition) is 2. The molecular formula is C11H20N2O4. The Labute approximate surface area is 101 Å². The molecule has 1 aliphatic heterocycles. The Bertz CT molecular complexity index is 277. The van der Waals surface area contributed by atoms with E-state index in [4.69, 9.17) is 9.84 Å². The molecule has 0 aromatic carbocycles. The van der Waals surface area contributed by atoms with Crippen LogP contribution in [0.3, 0.4) is 0 Å². The van der Waals surface area contributed by atoms with Crippen molar-refractivity contribution < 1.29 is 19.4 Å². The molecule has 0 bridgehead atoms. The van der Waals surface area contributed by atoms with Crippen molar-refractivity contribution in [1.82, 2.24) is 10.2 Å². The number of carbonyl (C=O) groups is 2. The monoisotopic (exact) mass is 244 g/mol. The summed E-state index contributed by atoms with van der Waals surface area (Å²) in [4.78, 5) is 24.1. The molecule has 0 spiro atoms. The molecule has 0 aliphatic carbocycles. The van der Waals surface area contributed by atoms with Gasteiger partial charge in [0.05, 0.1) is 19.1 Å². The molecule has 2 N–H and O–H groups in total. The average Bonchev–Trinajstić information content (AvgIpc) is 2.70. The molecule has 1 aliphatic rings. The van der Waals surface area contributed by atoms with Gasteiger partial charge in [-0.25, -0.2) is 4.79 Å². The maximum absolute atomic E-state index is 11.9. The zero-order valence-electron chi connectivity index (χ0n) is 10.3. The van der Waals surface area contributed by atoms with E-state index in [0.717, 1.165) is 6.42 Å². The first kappa shape index (κ1) is 13.8. The van der Waals surface area contributed by atoms with Crippen LogP contribution in [0.15, 0.2) is 0 Å². The first-order valence-corrected chi connectivity index (χ1v) is 5.91. The van der Waals surface area contributed by atoms with Gasteiger partial charge in [0.25, 0.3) is 0 Å². The number of amides is 2. The standard InChI is InChI=1S/C11H20N2O4/c1-3-13(8(2)6-10(14)15)11(16)12-9-4-5-17-7-9/h8-9H,3-7H2,1-2H3,(H,12,16)(H,14,15). The van der Waals surface area contributed by atoms with Crippen LogP contribution in [-0.4, -0.2) is 53.8 Å². The Kier molecular flexibility index (Phi) is 5.21. The summed E-state index contributed by atoms with van der Waals surface area (Å²) >= 11 is 0. The van der Waals surface area contributed by atoms with Gasteiger partial charge in [0.15, 0.2) is 0 Å². The molecule has 6 nitrogen and oxygen atoms in total. The third-order valence-corrected chi connectivity index (χ3v) is 2.86. The SMILES string of the molecule is CCN(C(=O)NC1CCOC1)C(C)CC(=O)O. The van der Waals surface area contributed by atoms with E-state index in [0.29, 0.717) is 19.8 Å². The topological polar surface area (TPSA) is 78.9 Å². The van der Waals surface area contributed by atoms with Crippen molar-refractivity contribution in [3.8, 4) is 0 Å². The van der Waals surface area contributed by atoms with E-state index in [1.165, 1.54) is 4.90 Å². The number of carboxylic acids is 1. The van der Waals surface area contributed by atoms with Crippen molar-refractivity contribution in [2.45, 2.75) is 38.8 Å². The summed E-state index contributed by atoms with van der Waals surface area (Å²) in [6.07, 6.45) is 0.777. The van der Waals surface area contributed by atoms with E-state index < -0.39 is 5.97 Å². The molecule has 1 heterocycles. The molecule has 0 aromatic heterocycles. The predicted molar refractivity (Wildman–Crippen MR) is 61.9 cm³/mol. The summed E-state index contributed by atoms with van der Waals surface area (Å²) in [5.41, 5.74) is 0. The summed E-state index contributed by atoms with van der Waals surface area (Å²) in [5, 5.41) is 11.6. The van der Waals surface area contributed by atoms with Gasteiger partial charge in [-0.05, 0) is 20.3 Å². The minimum atomic E-state index is -0.895. The molecule has 0 radical (unpaired) electrons. The predicted octanol–water partition coefficient (Wildman–Crippen LogP) is 0.670. The van der Waals surface area contributed by atoms with Crippen molar-refractivity contribution in [3.63, 3.8) is 0 Å². The summed E-state index contributed by atoms with van der Waals surface area (Å²) in [6, 6.07) is -0.467. The lowest BCUT2D eigenvalue weighted by atomic mass is 10.2. The highest BCUT2D eigenvalue weighted by molar-refractivity contribution is 5.76. The summed E-state index contributed by atoms with van der Waals surface area (Å²) in [6.45, 7) is 5.28. The molecule has 2 atom stereocenters. The Balaban J connectivity index is 2.47. The number of nitrogens with one attached hydrogen (secondary N) is 1. The molecule has 6 heteroatoms. The van der Waals surface area contributed by atoms with Gasteiger partial charge in [-0.2, -0.15) is 0 Å². The van der Waals surface area contributed by atoms with Gasteiger partial charge in [-0.15, -0.1) is 0 Å². The number of carbonyl (C=O) groups excluding carboxylic acids is 1. The van der Waals surface area contributed by atoms with Crippen LogP contribution in [0.4, 0.5) is 4.79 Å². The molecule has 2 unspecified atom stereocenters. The Hall–Kier alpha value is -1.30. The van der Waals surface area contributed by atoms with Gasteiger partial charge in [-0.1, -0.05) is 0 Å². The van der Waals surface area contributed by atoms with Crippen molar-refractivity contribution in [1.29, 1.82) is 0 Å². The van der Waals surface area contributed by atoms with Gasteiger partial charge in [-0.3, -0.25) is 4.79 Å². The normalized spacial score (nSPS) is 20.9. The highest BCUT2D eigenvalue weighted by Gasteiger charge is 2.24. The average molecular weight is 244 g/mol. The number of nitrogens with zero attached hydrogens (tertiary/aromatic N) is 1. The second-order valence-corrected chi connectivity index (χ2v) is 4.24. The molecule has 1 fully saturated rings. The van der Waals surface area contributed by atoms with Crippen molar-refractivity contribution >= 4 is 12.0 Å². The third kappa shape index (κ3) is 4.22. The van der Waals surface area contributed by atoms with Crippen LogP contribution in [0.5, 0.6) is 0 Å². The quantitative estimate of drug-likeness (QED) is 0.745. The highest BCUT2D eigenvalue weighted by Crippen LogP contribution is 2.08. The van der Waals surface area contributed by atoms with Crippen molar-refractivity contribution in [3.05, 3.63) is 0 Å². The molecule has 2 amide bonds. The Morgan fingerprint density at radius 1 is 1.59 bits per heavy atom. The van der Waals surface area contributed by atoms with E-state index in [-0.39, 0.29) is 24.5 Å². The number of rotatable bonds is 5. The molecule has 17 heavy (non-hydrogen) atoms. The largest absolute Gasteiger partial charge is 0.481 e. The van der Waals surface area contributed by atoms with Gasteiger partial charge in [0, 0.05) is 19.2 Å². The van der Waals surface area contributed by atoms with Crippen molar-refractivity contribution in [2.75, 3.05) is 19.8 Å². The number of urea groups is 1. The lowest BCUT2D eigenvalue weighted by Crippen LogP contribution is -2.49. The van der Waals surface area contributed by atoms with E-state index in [9.17, 15) is 9.59 Å². The van der Waals surface area contributed by atoms with Gasteiger partial charge in [0.2, 0.25) is 0 Å². The molecule has 0 aromatic rings. The fourth-order valence-corrected chi connectivity index (χ4v) is 1.92. The van der Waals surface area contributed by atoms with Crippen LogP contribution in [0.1, 0.15) is 26.7 Å². The Morgan fingerprint density at radius 3 is 2.76 bits per heavy atom. The Morgan fingerprint density at radius 2 is 2.29 bits per heavy atom. The molecule has 98 valence electrons. The van der Waals surface area contributed by atoms with Crippen LogP contribution in [0, 0.1) is 0 Å². The van der Waals surface area contributed by atoms with Gasteiger partial charge >= 0.3 is 12.0 Å². The van der Waals surface area contributed by atoms with Gasteiger partial charge in [0.1, 0.15) is 0 Å². The van der Waals surface area contributed by atoms with E-state index in [1.807, 2.05) is 6.92 Å². The summed E-state index contributed by atoms with van der Waals surface area (Å²) in [5.74, 6) is -0.895. The smallest absolute Gasteiger partial charge is 0.317 e. The number of hydrogen-bond acceptors (Lipinski definition) is 3. The second-order valence-electron chi connectivity index (χ2n) is 4.24. The molecule has 1 saturated heterocycles. The fourth-order valence-electron chi connectivity index (χ4n) is 1.92. The van der Waals surface area contributed by atoms with Crippen LogP contribution in [0.2, 0.25) is 0 Å². The molecule has 0 saturated carbocycles. The van der Waals surface area contributed by atoms with Crippen LogP contribution in [-0.2, 0) is 9.53 Å². The van der Waals surface area contributed by atoms with E-state index in [1.54, 1.807) is 6.92 Å². The number of carboxylic acid groups (broad SMARTS) is 1. The van der Waals surface area contributed by atoms with Crippen molar-refractivity contribution in [2.24, 2.45) is 0 Å². The fraction of sp³-hybridized carbons (Fsp3) is 0.818. The van der Waals surface area contributed by atoms with Crippen LogP contribution >= 0.6 is 0 Å². The zero-order chi connectivity index (χ0) is 12.8. The van der Waals surface area contributed by atoms with Gasteiger partial charge < -0.3 is 20.1 Å². The maximum Gasteiger partial charge on any atom is 0.317 e. The highest BCUT2D eigenvalue weighted by atomic mass is 16.5. The third-order valence-electron chi connectivity index (χ3n) is 2.86. The van der Waals surface area contributed by atoms with Crippen LogP contribution in [0.25, 0.3) is 0 Å². The van der Waals surface area contributed by atoms with E-state index in [2.05, 4.69) is 5.32 Å². The second kappa shape index (κ2) is 6.44. The summed E-state index contributed by atoms with van der Waals surface area (Å²) in [7, 11) is 0. The van der Waals surface area contributed by atoms with E-state index >= 15 is 0 Å². The summed E-state index contributed by atoms with van der Waals surface area (Å²) < 4.78 is 5.17.